The second-order valence-corrected chi connectivity index (χ2v) is 7.25. The Bertz CT molecular complexity index is 1050. The van der Waals surface area contributed by atoms with Crippen LogP contribution in [0.3, 0.4) is 0 Å². The smallest absolute Gasteiger partial charge is 0.272 e. The number of aromatic nitrogens is 3. The minimum Gasteiger partial charge on any atom is -0.381 e. The van der Waals surface area contributed by atoms with Gasteiger partial charge in [0.05, 0.1) is 31.2 Å². The van der Waals surface area contributed by atoms with Crippen molar-refractivity contribution in [3.8, 4) is 0 Å². The zero-order valence-electron chi connectivity index (χ0n) is 16.8. The Morgan fingerprint density at radius 2 is 1.90 bits per heavy atom. The van der Waals surface area contributed by atoms with Gasteiger partial charge >= 0.3 is 0 Å². The molecule has 1 amide bonds. The highest BCUT2D eigenvalue weighted by atomic mass is 16.5. The van der Waals surface area contributed by atoms with Crippen LogP contribution < -0.4 is 10.5 Å². The van der Waals surface area contributed by atoms with E-state index in [0.717, 1.165) is 29.9 Å². The lowest BCUT2D eigenvalue weighted by Crippen LogP contribution is -2.49. The topological polar surface area (TPSA) is 91.4 Å². The van der Waals surface area contributed by atoms with Crippen molar-refractivity contribution < 1.29 is 9.53 Å². The molecule has 0 saturated carbocycles. The summed E-state index contributed by atoms with van der Waals surface area (Å²) in [6, 6.07) is 11.5. The van der Waals surface area contributed by atoms with E-state index in [-0.39, 0.29) is 11.5 Å². The largest absolute Gasteiger partial charge is 0.381 e. The molecule has 1 aromatic carbocycles. The quantitative estimate of drug-likeness (QED) is 0.599. The first-order valence-corrected chi connectivity index (χ1v) is 10.2. The molecular formula is C22H25N5O3. The molecule has 0 unspecified atom stereocenters. The third-order valence-corrected chi connectivity index (χ3v) is 5.38. The van der Waals surface area contributed by atoms with Gasteiger partial charge in [-0.25, -0.2) is 10.1 Å². The van der Waals surface area contributed by atoms with E-state index < -0.39 is 0 Å². The predicted molar refractivity (Wildman–Crippen MR) is 115 cm³/mol. The third kappa shape index (κ3) is 4.65. The molecule has 1 aliphatic heterocycles. The molecule has 8 heteroatoms. The first-order valence-electron chi connectivity index (χ1n) is 10.2. The van der Waals surface area contributed by atoms with E-state index >= 15 is 0 Å². The molecule has 0 radical (unpaired) electrons. The Kier molecular flexibility index (Phi) is 6.34. The maximum Gasteiger partial charge on any atom is 0.272 e. The number of piperazine rings is 1. The standard InChI is InChI=1S/C22H25N5O3/c28-21(27-12-10-26(11-13-27)20-6-1-2-9-23-20)8-15-30-14-7-17-4-3-5-18-19(17)16-24-25-22(18)29/h1-6,9,16H,7-8,10-15H2,(H,25,29). The number of fused-ring (bicyclic) bond motifs is 1. The van der Waals surface area contributed by atoms with Crippen LogP contribution in [0.2, 0.25) is 0 Å². The van der Waals surface area contributed by atoms with Crippen LogP contribution in [0, 0.1) is 0 Å². The Labute approximate surface area is 174 Å². The number of rotatable bonds is 7. The van der Waals surface area contributed by atoms with E-state index in [1.165, 1.54) is 0 Å². The van der Waals surface area contributed by atoms with Gasteiger partial charge in [-0.2, -0.15) is 5.10 Å². The lowest BCUT2D eigenvalue weighted by Gasteiger charge is -2.35. The number of ether oxygens (including phenoxy) is 1. The molecule has 1 fully saturated rings. The van der Waals surface area contributed by atoms with Crippen LogP contribution in [-0.4, -0.2) is 65.4 Å². The number of H-pyrrole nitrogens is 1. The van der Waals surface area contributed by atoms with Crippen LogP contribution in [0.15, 0.2) is 53.6 Å². The number of carbonyl (C=O) groups is 1. The molecule has 0 bridgehead atoms. The number of pyridine rings is 1. The van der Waals surface area contributed by atoms with Crippen molar-refractivity contribution in [2.24, 2.45) is 0 Å². The van der Waals surface area contributed by atoms with Crippen molar-refractivity contribution >= 4 is 22.5 Å². The van der Waals surface area contributed by atoms with Crippen molar-refractivity contribution in [1.29, 1.82) is 0 Å². The van der Waals surface area contributed by atoms with Gasteiger partial charge in [-0.15, -0.1) is 0 Å². The summed E-state index contributed by atoms with van der Waals surface area (Å²) in [6.07, 6.45) is 4.50. The number of aromatic amines is 1. The monoisotopic (exact) mass is 407 g/mol. The molecule has 1 N–H and O–H groups in total. The normalized spacial score (nSPS) is 14.3. The van der Waals surface area contributed by atoms with Crippen LogP contribution in [0.25, 0.3) is 10.8 Å². The number of hydrogen-bond donors (Lipinski definition) is 1. The van der Waals surface area contributed by atoms with Crippen LogP contribution in [0.1, 0.15) is 12.0 Å². The molecule has 2 aromatic heterocycles. The molecule has 0 atom stereocenters. The van der Waals surface area contributed by atoms with E-state index in [0.29, 0.717) is 44.5 Å². The summed E-state index contributed by atoms with van der Waals surface area (Å²) in [5.41, 5.74) is 0.826. The number of benzene rings is 1. The van der Waals surface area contributed by atoms with Gasteiger partial charge in [-0.3, -0.25) is 9.59 Å². The van der Waals surface area contributed by atoms with Gasteiger partial charge in [0.15, 0.2) is 0 Å². The Hall–Kier alpha value is -3.26. The fourth-order valence-electron chi connectivity index (χ4n) is 3.72. The van der Waals surface area contributed by atoms with Crippen molar-refractivity contribution in [2.45, 2.75) is 12.8 Å². The summed E-state index contributed by atoms with van der Waals surface area (Å²) >= 11 is 0. The summed E-state index contributed by atoms with van der Waals surface area (Å²) in [7, 11) is 0. The molecule has 3 heterocycles. The molecule has 8 nitrogen and oxygen atoms in total. The van der Waals surface area contributed by atoms with Gasteiger partial charge in [-0.1, -0.05) is 18.2 Å². The molecule has 1 saturated heterocycles. The van der Waals surface area contributed by atoms with Gasteiger partial charge in [0.2, 0.25) is 5.91 Å². The van der Waals surface area contributed by atoms with Crippen molar-refractivity contribution in [2.75, 3.05) is 44.3 Å². The number of nitrogens with one attached hydrogen (secondary N) is 1. The van der Waals surface area contributed by atoms with Crippen molar-refractivity contribution in [3.05, 3.63) is 64.7 Å². The van der Waals surface area contributed by atoms with Gasteiger partial charge in [0, 0.05) is 37.8 Å². The molecule has 4 rings (SSSR count). The SMILES string of the molecule is O=C(CCOCCc1cccc2c(=O)[nH]ncc12)N1CCN(c2ccccn2)CC1. The summed E-state index contributed by atoms with van der Waals surface area (Å²) < 4.78 is 5.69. The second-order valence-electron chi connectivity index (χ2n) is 7.25. The van der Waals surface area contributed by atoms with Gasteiger partial charge in [-0.05, 0) is 30.2 Å². The molecule has 0 aliphatic carbocycles. The number of anilines is 1. The molecule has 156 valence electrons. The lowest BCUT2D eigenvalue weighted by atomic mass is 10.1. The summed E-state index contributed by atoms with van der Waals surface area (Å²) in [6.45, 7) is 3.87. The van der Waals surface area contributed by atoms with E-state index in [9.17, 15) is 9.59 Å². The average Bonchev–Trinajstić information content (AvgIpc) is 2.80. The second kappa shape index (κ2) is 9.49. The van der Waals surface area contributed by atoms with Crippen molar-refractivity contribution in [1.82, 2.24) is 20.1 Å². The number of nitrogens with zero attached hydrogens (tertiary/aromatic N) is 4. The summed E-state index contributed by atoms with van der Waals surface area (Å²) in [5, 5.41) is 7.80. The number of amides is 1. The highest BCUT2D eigenvalue weighted by Crippen LogP contribution is 2.15. The van der Waals surface area contributed by atoms with Crippen LogP contribution in [0.5, 0.6) is 0 Å². The zero-order chi connectivity index (χ0) is 20.8. The average molecular weight is 407 g/mol. The third-order valence-electron chi connectivity index (χ3n) is 5.38. The van der Waals surface area contributed by atoms with E-state index in [1.54, 1.807) is 18.5 Å². The van der Waals surface area contributed by atoms with Gasteiger partial charge < -0.3 is 14.5 Å². The fraction of sp³-hybridized carbons (Fsp3) is 0.364. The highest BCUT2D eigenvalue weighted by molar-refractivity contribution is 5.83. The van der Waals surface area contributed by atoms with Crippen LogP contribution in [0.4, 0.5) is 5.82 Å². The summed E-state index contributed by atoms with van der Waals surface area (Å²) in [5.74, 6) is 1.08. The highest BCUT2D eigenvalue weighted by Gasteiger charge is 2.21. The Morgan fingerprint density at radius 3 is 2.70 bits per heavy atom. The van der Waals surface area contributed by atoms with E-state index in [1.807, 2.05) is 35.2 Å². The molecular weight excluding hydrogens is 382 g/mol. The maximum absolute atomic E-state index is 12.5. The van der Waals surface area contributed by atoms with E-state index in [2.05, 4.69) is 20.1 Å². The van der Waals surface area contributed by atoms with Crippen LogP contribution >= 0.6 is 0 Å². The molecule has 30 heavy (non-hydrogen) atoms. The first kappa shape index (κ1) is 20.0. The van der Waals surface area contributed by atoms with Gasteiger partial charge in [0.1, 0.15) is 5.82 Å². The number of carbonyl (C=O) groups excluding carboxylic acids is 1. The predicted octanol–water partition coefficient (Wildman–Crippen LogP) is 1.62. The first-order chi connectivity index (χ1) is 14.7. The molecule has 3 aromatic rings. The number of hydrogen-bond acceptors (Lipinski definition) is 6. The lowest BCUT2D eigenvalue weighted by molar-refractivity contribution is -0.132. The van der Waals surface area contributed by atoms with Crippen LogP contribution in [-0.2, 0) is 16.0 Å². The Balaban J connectivity index is 1.19. The van der Waals surface area contributed by atoms with E-state index in [4.69, 9.17) is 4.74 Å². The maximum atomic E-state index is 12.5. The van der Waals surface area contributed by atoms with Gasteiger partial charge in [0.25, 0.3) is 5.56 Å². The molecule has 1 aliphatic rings. The zero-order valence-corrected chi connectivity index (χ0v) is 16.8. The van der Waals surface area contributed by atoms with Crippen molar-refractivity contribution in [3.63, 3.8) is 0 Å². The summed E-state index contributed by atoms with van der Waals surface area (Å²) in [4.78, 5) is 32.8. The minimum absolute atomic E-state index is 0.122. The molecule has 0 spiro atoms. The minimum atomic E-state index is -0.191. The fourth-order valence-corrected chi connectivity index (χ4v) is 3.72. The Morgan fingerprint density at radius 1 is 1.03 bits per heavy atom.